The second-order valence-corrected chi connectivity index (χ2v) is 8.51. The molecule has 4 atom stereocenters. The summed E-state index contributed by atoms with van der Waals surface area (Å²) in [6.07, 6.45) is 5.21. The van der Waals surface area contributed by atoms with Gasteiger partial charge in [0.25, 0.3) is 5.91 Å². The van der Waals surface area contributed by atoms with Crippen molar-refractivity contribution in [3.05, 3.63) is 35.6 Å². The summed E-state index contributed by atoms with van der Waals surface area (Å²) >= 11 is 0. The van der Waals surface area contributed by atoms with Crippen molar-refractivity contribution in [1.29, 1.82) is 0 Å². The molecule has 2 heterocycles. The summed E-state index contributed by atoms with van der Waals surface area (Å²) in [6, 6.07) is 5.16. The molecule has 0 aromatic heterocycles. The molecule has 1 N–H and O–H groups in total. The van der Waals surface area contributed by atoms with Crippen molar-refractivity contribution in [1.82, 2.24) is 10.2 Å². The number of nitrogens with zero attached hydrogens (tertiary/aromatic N) is 1. The van der Waals surface area contributed by atoms with Gasteiger partial charge in [-0.2, -0.15) is 0 Å². The zero-order chi connectivity index (χ0) is 20.4. The van der Waals surface area contributed by atoms with E-state index in [1.165, 1.54) is 17.0 Å². The van der Waals surface area contributed by atoms with Gasteiger partial charge in [-0.15, -0.1) is 0 Å². The minimum atomic E-state index is -0.844. The van der Waals surface area contributed by atoms with E-state index in [2.05, 4.69) is 12.2 Å². The van der Waals surface area contributed by atoms with Crippen molar-refractivity contribution in [2.75, 3.05) is 19.8 Å². The molecule has 3 aliphatic rings. The lowest BCUT2D eigenvalue weighted by atomic mass is 9.83. The van der Waals surface area contributed by atoms with E-state index < -0.39 is 23.5 Å². The zero-order valence-electron chi connectivity index (χ0n) is 16.9. The summed E-state index contributed by atoms with van der Waals surface area (Å²) in [5, 5.41) is 2.92. The van der Waals surface area contributed by atoms with E-state index in [9.17, 15) is 14.0 Å². The quantitative estimate of drug-likeness (QED) is 0.838. The van der Waals surface area contributed by atoms with E-state index in [1.54, 1.807) is 12.1 Å². The molecule has 4 rings (SSSR count). The fourth-order valence-corrected chi connectivity index (χ4v) is 4.91. The molecular weight excluding hydrogens is 375 g/mol. The number of benzene rings is 1. The van der Waals surface area contributed by atoms with E-state index in [-0.39, 0.29) is 24.2 Å². The largest absolute Gasteiger partial charge is 0.376 e. The second kappa shape index (κ2) is 8.40. The van der Waals surface area contributed by atoms with Gasteiger partial charge in [-0.3, -0.25) is 14.5 Å². The van der Waals surface area contributed by atoms with Gasteiger partial charge in [0.15, 0.2) is 0 Å². The first kappa shape index (κ1) is 20.3. The highest BCUT2D eigenvalue weighted by Gasteiger charge is 2.54. The molecule has 2 amide bonds. The smallest absolute Gasteiger partial charge is 0.259 e. The van der Waals surface area contributed by atoms with E-state index in [0.717, 1.165) is 25.7 Å². The van der Waals surface area contributed by atoms with Crippen LogP contribution in [0.3, 0.4) is 0 Å². The van der Waals surface area contributed by atoms with Crippen LogP contribution in [0.2, 0.25) is 0 Å². The number of hydrogen-bond donors (Lipinski definition) is 1. The van der Waals surface area contributed by atoms with Gasteiger partial charge in [0.05, 0.1) is 18.3 Å². The summed E-state index contributed by atoms with van der Waals surface area (Å²) in [5.41, 5.74) is -0.865. The SMILES string of the molecule is CC1CCCC2(C1)OCC(C(=O)NCC1CCCO1)N2C(=O)c1ccccc1F. The monoisotopic (exact) mass is 404 g/mol. The summed E-state index contributed by atoms with van der Waals surface area (Å²) in [4.78, 5) is 28.0. The molecule has 29 heavy (non-hydrogen) atoms. The lowest BCUT2D eigenvalue weighted by Gasteiger charge is -2.43. The Kier molecular flexibility index (Phi) is 5.88. The number of carbonyl (C=O) groups excluding carboxylic acids is 2. The zero-order valence-corrected chi connectivity index (χ0v) is 16.9. The Morgan fingerprint density at radius 3 is 2.83 bits per heavy atom. The molecule has 0 radical (unpaired) electrons. The molecule has 2 aliphatic heterocycles. The molecule has 2 saturated heterocycles. The van der Waals surface area contributed by atoms with Crippen molar-refractivity contribution in [2.45, 2.75) is 63.3 Å². The minimum Gasteiger partial charge on any atom is -0.376 e. The Labute approximate surface area is 170 Å². The van der Waals surface area contributed by atoms with Crippen LogP contribution in [0.15, 0.2) is 24.3 Å². The number of nitrogens with one attached hydrogen (secondary N) is 1. The first-order valence-electron chi connectivity index (χ1n) is 10.6. The molecule has 1 spiro atoms. The van der Waals surface area contributed by atoms with Gasteiger partial charge in [0.1, 0.15) is 17.6 Å². The van der Waals surface area contributed by atoms with Crippen LogP contribution in [0.1, 0.15) is 55.8 Å². The molecule has 1 aromatic rings. The summed E-state index contributed by atoms with van der Waals surface area (Å²) < 4.78 is 26.1. The van der Waals surface area contributed by atoms with Crippen LogP contribution in [0.4, 0.5) is 4.39 Å². The average Bonchev–Trinajstić information content (AvgIpc) is 3.34. The van der Waals surface area contributed by atoms with Crippen LogP contribution < -0.4 is 5.32 Å². The maximum absolute atomic E-state index is 14.4. The third-order valence-electron chi connectivity index (χ3n) is 6.35. The molecule has 1 aliphatic carbocycles. The number of rotatable bonds is 4. The summed E-state index contributed by atoms with van der Waals surface area (Å²) in [5.74, 6) is -0.956. The standard InChI is InChI=1S/C22H29FN2O4/c1-15-6-4-10-22(12-15)25(21(27)17-8-2-3-9-18(17)23)19(14-29-22)20(26)24-13-16-7-5-11-28-16/h2-3,8-9,15-16,19H,4-7,10-14H2,1H3,(H,24,26). The van der Waals surface area contributed by atoms with Crippen molar-refractivity contribution >= 4 is 11.8 Å². The van der Waals surface area contributed by atoms with Gasteiger partial charge >= 0.3 is 0 Å². The Bertz CT molecular complexity index is 767. The second-order valence-electron chi connectivity index (χ2n) is 8.51. The molecule has 0 bridgehead atoms. The number of amides is 2. The molecule has 4 unspecified atom stereocenters. The molecular formula is C22H29FN2O4. The van der Waals surface area contributed by atoms with Crippen LogP contribution in [-0.4, -0.2) is 54.3 Å². The Morgan fingerprint density at radius 1 is 1.28 bits per heavy atom. The number of ether oxygens (including phenoxy) is 2. The van der Waals surface area contributed by atoms with E-state index in [0.29, 0.717) is 31.9 Å². The third kappa shape index (κ3) is 4.03. The topological polar surface area (TPSA) is 67.9 Å². The predicted molar refractivity (Wildman–Crippen MR) is 105 cm³/mol. The van der Waals surface area contributed by atoms with Gasteiger partial charge in [0, 0.05) is 13.2 Å². The lowest BCUT2D eigenvalue weighted by molar-refractivity contribution is -0.128. The van der Waals surface area contributed by atoms with Crippen LogP contribution in [0.25, 0.3) is 0 Å². The fourth-order valence-electron chi connectivity index (χ4n) is 4.91. The van der Waals surface area contributed by atoms with Gasteiger partial charge in [0.2, 0.25) is 5.91 Å². The molecule has 1 saturated carbocycles. The minimum absolute atomic E-state index is 0.0145. The third-order valence-corrected chi connectivity index (χ3v) is 6.35. The highest BCUT2D eigenvalue weighted by atomic mass is 19.1. The van der Waals surface area contributed by atoms with E-state index in [4.69, 9.17) is 9.47 Å². The van der Waals surface area contributed by atoms with Crippen molar-refractivity contribution in [3.63, 3.8) is 0 Å². The molecule has 3 fully saturated rings. The van der Waals surface area contributed by atoms with Gasteiger partial charge in [-0.25, -0.2) is 4.39 Å². The van der Waals surface area contributed by atoms with Crippen LogP contribution in [-0.2, 0) is 14.3 Å². The number of carbonyl (C=O) groups is 2. The molecule has 6 nitrogen and oxygen atoms in total. The first-order valence-corrected chi connectivity index (χ1v) is 10.6. The lowest BCUT2D eigenvalue weighted by Crippen LogP contribution is -2.57. The predicted octanol–water partition coefficient (Wildman–Crippen LogP) is 2.87. The number of hydrogen-bond acceptors (Lipinski definition) is 4. The van der Waals surface area contributed by atoms with Crippen molar-refractivity contribution in [3.8, 4) is 0 Å². The Balaban J connectivity index is 1.59. The van der Waals surface area contributed by atoms with E-state index >= 15 is 0 Å². The Morgan fingerprint density at radius 2 is 2.10 bits per heavy atom. The van der Waals surface area contributed by atoms with Gasteiger partial charge < -0.3 is 14.8 Å². The summed E-state index contributed by atoms with van der Waals surface area (Å²) in [6.45, 7) is 3.39. The fraction of sp³-hybridized carbons (Fsp3) is 0.636. The highest BCUT2D eigenvalue weighted by Crippen LogP contribution is 2.43. The normalized spacial score (nSPS) is 31.9. The average molecular weight is 404 g/mol. The van der Waals surface area contributed by atoms with Crippen LogP contribution in [0.5, 0.6) is 0 Å². The molecule has 1 aromatic carbocycles. The van der Waals surface area contributed by atoms with Gasteiger partial charge in [-0.05, 0) is 50.2 Å². The summed E-state index contributed by atoms with van der Waals surface area (Å²) in [7, 11) is 0. The van der Waals surface area contributed by atoms with Crippen molar-refractivity contribution < 1.29 is 23.5 Å². The van der Waals surface area contributed by atoms with E-state index in [1.807, 2.05) is 0 Å². The van der Waals surface area contributed by atoms with Gasteiger partial charge in [-0.1, -0.05) is 25.5 Å². The first-order chi connectivity index (χ1) is 14.0. The maximum atomic E-state index is 14.4. The highest BCUT2D eigenvalue weighted by molar-refractivity contribution is 5.98. The Hall–Kier alpha value is -1.99. The van der Waals surface area contributed by atoms with Crippen LogP contribution >= 0.6 is 0 Å². The van der Waals surface area contributed by atoms with Crippen molar-refractivity contribution in [2.24, 2.45) is 5.92 Å². The molecule has 158 valence electrons. The number of halogens is 1. The molecule has 7 heteroatoms. The maximum Gasteiger partial charge on any atom is 0.259 e. The van der Waals surface area contributed by atoms with Crippen LogP contribution in [0, 0.1) is 11.7 Å².